The second kappa shape index (κ2) is 9.33. The van der Waals surface area contributed by atoms with E-state index in [1.165, 1.54) is 18.2 Å². The lowest BCUT2D eigenvalue weighted by Crippen LogP contribution is -2.23. The molecule has 1 saturated carbocycles. The van der Waals surface area contributed by atoms with Gasteiger partial charge in [-0.1, -0.05) is 59.6 Å². The molecule has 0 spiro atoms. The fourth-order valence-corrected chi connectivity index (χ4v) is 4.79. The molecule has 7 heteroatoms. The van der Waals surface area contributed by atoms with Crippen LogP contribution in [-0.4, -0.2) is 20.0 Å². The Hall–Kier alpha value is -3.22. The number of hydrogen-bond acceptors (Lipinski definition) is 4. The van der Waals surface area contributed by atoms with Crippen molar-refractivity contribution in [3.05, 3.63) is 107 Å². The number of halogens is 1. The van der Waals surface area contributed by atoms with Gasteiger partial charge in [0.15, 0.2) is 11.6 Å². The highest BCUT2D eigenvalue weighted by Gasteiger charge is 2.47. The Bertz CT molecular complexity index is 1310. The number of carbonyl (C=O) groups excluding carboxylic acids is 2. The lowest BCUT2D eigenvalue weighted by molar-refractivity contribution is -0.115. The molecule has 0 amide bonds. The van der Waals surface area contributed by atoms with Crippen LogP contribution in [0.2, 0.25) is 5.02 Å². The Morgan fingerprint density at radius 1 is 0.879 bits per heavy atom. The van der Waals surface area contributed by atoms with E-state index in [-0.39, 0.29) is 22.2 Å². The first kappa shape index (κ1) is 23.0. The summed E-state index contributed by atoms with van der Waals surface area (Å²) < 4.78 is 28.5. The molecule has 0 radical (unpaired) electrons. The molecule has 4 rings (SSSR count). The van der Waals surface area contributed by atoms with Gasteiger partial charge in [0.25, 0.3) is 10.0 Å². The number of Topliss-reactive ketones (excluding diaryl/α,β-unsaturated/α-hetero) is 1. The van der Waals surface area contributed by atoms with Crippen molar-refractivity contribution in [1.29, 1.82) is 0 Å². The molecular weight excluding hydrogens is 458 g/mol. The quantitative estimate of drug-likeness (QED) is 0.362. The van der Waals surface area contributed by atoms with Crippen LogP contribution in [0.4, 0.5) is 0 Å². The third-order valence-corrected chi connectivity index (χ3v) is 7.20. The molecule has 1 aliphatic rings. The van der Waals surface area contributed by atoms with Gasteiger partial charge < -0.3 is 0 Å². The zero-order chi connectivity index (χ0) is 23.6. The van der Waals surface area contributed by atoms with Crippen LogP contribution in [0.1, 0.15) is 27.9 Å². The van der Waals surface area contributed by atoms with Gasteiger partial charge in [-0.2, -0.15) is 0 Å². The van der Waals surface area contributed by atoms with E-state index in [1.807, 2.05) is 6.92 Å². The number of ketones is 2. The highest BCUT2D eigenvalue weighted by atomic mass is 35.5. The van der Waals surface area contributed by atoms with E-state index in [0.717, 1.165) is 5.56 Å². The van der Waals surface area contributed by atoms with E-state index in [9.17, 15) is 18.0 Å². The summed E-state index contributed by atoms with van der Waals surface area (Å²) in [6.07, 6.45) is 1.73. The Labute approximate surface area is 198 Å². The van der Waals surface area contributed by atoms with Crippen molar-refractivity contribution in [1.82, 2.24) is 4.72 Å². The van der Waals surface area contributed by atoms with Crippen LogP contribution >= 0.6 is 11.6 Å². The zero-order valence-corrected chi connectivity index (χ0v) is 19.4. The Kier molecular flexibility index (Phi) is 6.49. The summed E-state index contributed by atoms with van der Waals surface area (Å²) in [4.78, 5) is 25.8. The first-order chi connectivity index (χ1) is 15.7. The van der Waals surface area contributed by atoms with Crippen molar-refractivity contribution < 1.29 is 18.0 Å². The van der Waals surface area contributed by atoms with Crippen molar-refractivity contribution in [3.63, 3.8) is 0 Å². The van der Waals surface area contributed by atoms with Gasteiger partial charge in [-0.15, -0.1) is 0 Å². The van der Waals surface area contributed by atoms with Gasteiger partial charge in [0.1, 0.15) is 0 Å². The maximum atomic E-state index is 13.0. The number of sulfonamides is 1. The van der Waals surface area contributed by atoms with E-state index in [2.05, 4.69) is 4.72 Å². The molecule has 1 N–H and O–H groups in total. The molecule has 33 heavy (non-hydrogen) atoms. The Balaban J connectivity index is 1.57. The van der Waals surface area contributed by atoms with Gasteiger partial charge in [0, 0.05) is 28.5 Å². The van der Waals surface area contributed by atoms with Crippen LogP contribution in [0.15, 0.2) is 89.8 Å². The summed E-state index contributed by atoms with van der Waals surface area (Å²) in [7, 11) is -3.90. The standard InChI is InChI=1S/C26H22ClNO4S/c1-17-7-13-21(14-8-17)33(31,32)28-24(18-5-3-2-4-6-18)16-25(29)22-15-23(22)26(30)19-9-11-20(27)12-10-19/h2-14,16,22-23,28H,15H2,1H3/b24-16-/t22-,23-/m1/s1. The molecule has 0 unspecified atom stereocenters. The summed E-state index contributed by atoms with van der Waals surface area (Å²) in [5, 5.41) is 0.534. The number of nitrogens with one attached hydrogen (secondary N) is 1. The monoisotopic (exact) mass is 479 g/mol. The maximum Gasteiger partial charge on any atom is 0.261 e. The SMILES string of the molecule is Cc1ccc(S(=O)(=O)N/C(=C\C(=O)[C@@H]2C[C@H]2C(=O)c2ccc(Cl)cc2)c2ccccc2)cc1. The van der Waals surface area contributed by atoms with Gasteiger partial charge in [-0.05, 0) is 55.3 Å². The van der Waals surface area contributed by atoms with Gasteiger partial charge in [-0.3, -0.25) is 14.3 Å². The van der Waals surface area contributed by atoms with Crippen LogP contribution in [0.3, 0.4) is 0 Å². The molecule has 0 saturated heterocycles. The topological polar surface area (TPSA) is 80.3 Å². The third kappa shape index (κ3) is 5.41. The van der Waals surface area contributed by atoms with E-state index >= 15 is 0 Å². The summed E-state index contributed by atoms with van der Waals surface area (Å²) >= 11 is 5.88. The van der Waals surface area contributed by atoms with E-state index in [4.69, 9.17) is 11.6 Å². The highest BCUT2D eigenvalue weighted by Crippen LogP contribution is 2.42. The molecule has 1 aliphatic carbocycles. The van der Waals surface area contributed by atoms with Gasteiger partial charge in [-0.25, -0.2) is 8.42 Å². The molecule has 2 atom stereocenters. The molecule has 3 aromatic rings. The number of hydrogen-bond donors (Lipinski definition) is 1. The van der Waals surface area contributed by atoms with E-state index < -0.39 is 21.9 Å². The van der Waals surface area contributed by atoms with Crippen LogP contribution in [-0.2, 0) is 14.8 Å². The van der Waals surface area contributed by atoms with Crippen LogP contribution in [0.5, 0.6) is 0 Å². The molecular formula is C26H22ClNO4S. The molecule has 0 aliphatic heterocycles. The second-order valence-corrected chi connectivity index (χ2v) is 10.2. The average molecular weight is 480 g/mol. The number of carbonyl (C=O) groups is 2. The largest absolute Gasteiger partial charge is 0.294 e. The summed E-state index contributed by atoms with van der Waals surface area (Å²) in [5.74, 6) is -1.29. The normalized spacial score (nSPS) is 17.9. The third-order valence-electron chi connectivity index (χ3n) is 5.57. The van der Waals surface area contributed by atoms with Gasteiger partial charge in [0.05, 0.1) is 10.6 Å². The van der Waals surface area contributed by atoms with Gasteiger partial charge >= 0.3 is 0 Å². The van der Waals surface area contributed by atoms with E-state index in [1.54, 1.807) is 66.7 Å². The molecule has 5 nitrogen and oxygen atoms in total. The van der Waals surface area contributed by atoms with Crippen molar-refractivity contribution in [2.45, 2.75) is 18.2 Å². The molecule has 0 aromatic heterocycles. The lowest BCUT2D eigenvalue weighted by Gasteiger charge is -2.12. The second-order valence-electron chi connectivity index (χ2n) is 8.06. The predicted octanol–water partition coefficient (Wildman–Crippen LogP) is 5.06. The first-order valence-corrected chi connectivity index (χ1v) is 12.3. The summed E-state index contributed by atoms with van der Waals surface area (Å²) in [6, 6.07) is 21.8. The molecule has 168 valence electrons. The van der Waals surface area contributed by atoms with E-state index in [0.29, 0.717) is 22.6 Å². The highest BCUT2D eigenvalue weighted by molar-refractivity contribution is 7.89. The zero-order valence-electron chi connectivity index (χ0n) is 17.9. The minimum atomic E-state index is -3.90. The number of allylic oxidation sites excluding steroid dienone is 1. The Morgan fingerprint density at radius 3 is 2.15 bits per heavy atom. The molecule has 0 bridgehead atoms. The maximum absolute atomic E-state index is 13.0. The average Bonchev–Trinajstić information content (AvgIpc) is 3.61. The summed E-state index contributed by atoms with van der Waals surface area (Å²) in [5.41, 5.74) is 2.17. The molecule has 0 heterocycles. The fourth-order valence-electron chi connectivity index (χ4n) is 3.59. The molecule has 3 aromatic carbocycles. The smallest absolute Gasteiger partial charge is 0.261 e. The number of rotatable bonds is 8. The number of aryl methyl sites for hydroxylation is 1. The van der Waals surface area contributed by atoms with Crippen LogP contribution in [0, 0.1) is 18.8 Å². The first-order valence-electron chi connectivity index (χ1n) is 10.4. The lowest BCUT2D eigenvalue weighted by atomic mass is 10.0. The van der Waals surface area contributed by atoms with Crippen molar-refractivity contribution in [2.75, 3.05) is 0 Å². The van der Waals surface area contributed by atoms with Crippen molar-refractivity contribution >= 4 is 38.9 Å². The van der Waals surface area contributed by atoms with Crippen molar-refractivity contribution in [3.8, 4) is 0 Å². The number of benzene rings is 3. The van der Waals surface area contributed by atoms with Crippen LogP contribution in [0.25, 0.3) is 5.70 Å². The summed E-state index contributed by atoms with van der Waals surface area (Å²) in [6.45, 7) is 1.87. The Morgan fingerprint density at radius 2 is 1.52 bits per heavy atom. The predicted molar refractivity (Wildman–Crippen MR) is 128 cm³/mol. The van der Waals surface area contributed by atoms with Crippen molar-refractivity contribution in [2.24, 2.45) is 11.8 Å². The fraction of sp³-hybridized carbons (Fsp3) is 0.154. The minimum Gasteiger partial charge on any atom is -0.294 e. The van der Waals surface area contributed by atoms with Gasteiger partial charge in [0.2, 0.25) is 0 Å². The minimum absolute atomic E-state index is 0.101. The van der Waals surface area contributed by atoms with Crippen LogP contribution < -0.4 is 4.72 Å². The molecule has 1 fully saturated rings.